The van der Waals surface area contributed by atoms with Crippen LogP contribution in [0.25, 0.3) is 0 Å². The van der Waals surface area contributed by atoms with Crippen LogP contribution in [0.5, 0.6) is 0 Å². The molecule has 1 N–H and O–H groups in total. The second-order valence-electron chi connectivity index (χ2n) is 3.61. The number of halogens is 2. The molecule has 3 nitrogen and oxygen atoms in total. The number of amides is 1. The molecule has 0 radical (unpaired) electrons. The molecule has 0 spiro atoms. The van der Waals surface area contributed by atoms with Crippen molar-refractivity contribution in [3.05, 3.63) is 34.9 Å². The minimum atomic E-state index is -0.107. The van der Waals surface area contributed by atoms with Gasteiger partial charge in [0.05, 0.1) is 6.61 Å². The van der Waals surface area contributed by atoms with Gasteiger partial charge >= 0.3 is 0 Å². The first kappa shape index (κ1) is 14.5. The lowest BCUT2D eigenvalue weighted by atomic mass is 10.2. The van der Waals surface area contributed by atoms with Gasteiger partial charge < -0.3 is 10.1 Å². The Morgan fingerprint density at radius 3 is 3.00 bits per heavy atom. The summed E-state index contributed by atoms with van der Waals surface area (Å²) in [6.45, 7) is 1.23. The van der Waals surface area contributed by atoms with Crippen molar-refractivity contribution >= 4 is 33.4 Å². The molecule has 5 heteroatoms. The predicted octanol–water partition coefficient (Wildman–Crippen LogP) is 2.87. The molecule has 1 atom stereocenters. The summed E-state index contributed by atoms with van der Waals surface area (Å²) in [5.41, 5.74) is 0.579. The fraction of sp³-hybridized carbons (Fsp3) is 0.417. The van der Waals surface area contributed by atoms with Gasteiger partial charge in [-0.05, 0) is 24.6 Å². The SMILES string of the molecule is COCC(Br)CCNC(=O)c1cccc(Cl)c1. The first-order chi connectivity index (χ1) is 8.13. The maximum Gasteiger partial charge on any atom is 0.251 e. The number of alkyl halides is 1. The Labute approximate surface area is 115 Å². The van der Waals surface area contributed by atoms with Crippen LogP contribution in [-0.2, 0) is 4.74 Å². The summed E-state index contributed by atoms with van der Waals surface area (Å²) in [4.78, 5) is 12.0. The van der Waals surface area contributed by atoms with E-state index in [0.29, 0.717) is 23.7 Å². The van der Waals surface area contributed by atoms with Crippen molar-refractivity contribution < 1.29 is 9.53 Å². The predicted molar refractivity (Wildman–Crippen MR) is 73.0 cm³/mol. The zero-order valence-corrected chi connectivity index (χ0v) is 11.9. The third-order valence-electron chi connectivity index (χ3n) is 2.18. The van der Waals surface area contributed by atoms with E-state index < -0.39 is 0 Å². The molecule has 0 saturated carbocycles. The molecule has 1 rings (SSSR count). The minimum Gasteiger partial charge on any atom is -0.384 e. The largest absolute Gasteiger partial charge is 0.384 e. The summed E-state index contributed by atoms with van der Waals surface area (Å²) in [5.74, 6) is -0.107. The number of carbonyl (C=O) groups is 1. The second-order valence-corrected chi connectivity index (χ2v) is 5.34. The summed E-state index contributed by atoms with van der Waals surface area (Å²) >= 11 is 9.27. The van der Waals surface area contributed by atoms with Gasteiger partial charge in [0.2, 0.25) is 0 Å². The molecule has 1 amide bonds. The fourth-order valence-corrected chi connectivity index (χ4v) is 2.02. The van der Waals surface area contributed by atoms with E-state index in [1.54, 1.807) is 31.4 Å². The lowest BCUT2D eigenvalue weighted by Crippen LogP contribution is -2.26. The van der Waals surface area contributed by atoms with Gasteiger partial charge in [-0.25, -0.2) is 0 Å². The molecular formula is C12H15BrClNO2. The Morgan fingerprint density at radius 2 is 2.35 bits per heavy atom. The van der Waals surface area contributed by atoms with Crippen LogP contribution in [0, 0.1) is 0 Å². The molecule has 0 aliphatic rings. The molecule has 0 heterocycles. The second kappa shape index (κ2) is 7.69. The monoisotopic (exact) mass is 319 g/mol. The smallest absolute Gasteiger partial charge is 0.251 e. The highest BCUT2D eigenvalue weighted by atomic mass is 79.9. The number of nitrogens with one attached hydrogen (secondary N) is 1. The highest BCUT2D eigenvalue weighted by Gasteiger charge is 2.07. The van der Waals surface area contributed by atoms with E-state index in [2.05, 4.69) is 21.2 Å². The molecule has 1 aromatic rings. The number of methoxy groups -OCH3 is 1. The van der Waals surface area contributed by atoms with Crippen molar-refractivity contribution in [3.8, 4) is 0 Å². The van der Waals surface area contributed by atoms with Gasteiger partial charge in [-0.1, -0.05) is 33.6 Å². The van der Waals surface area contributed by atoms with Crippen molar-refractivity contribution in [1.29, 1.82) is 0 Å². The van der Waals surface area contributed by atoms with Gasteiger partial charge in [-0.2, -0.15) is 0 Å². The zero-order valence-electron chi connectivity index (χ0n) is 9.58. The molecule has 0 aliphatic heterocycles. The van der Waals surface area contributed by atoms with Crippen LogP contribution in [-0.4, -0.2) is 31.0 Å². The highest BCUT2D eigenvalue weighted by Crippen LogP contribution is 2.10. The van der Waals surface area contributed by atoms with Gasteiger partial charge in [-0.15, -0.1) is 0 Å². The third-order valence-corrected chi connectivity index (χ3v) is 3.13. The first-order valence-corrected chi connectivity index (χ1v) is 6.59. The normalized spacial score (nSPS) is 12.2. The first-order valence-electron chi connectivity index (χ1n) is 5.30. The quantitative estimate of drug-likeness (QED) is 0.819. The van der Waals surface area contributed by atoms with Crippen LogP contribution >= 0.6 is 27.5 Å². The molecular weight excluding hydrogens is 305 g/mol. The van der Waals surface area contributed by atoms with Crippen molar-refractivity contribution in [1.82, 2.24) is 5.32 Å². The van der Waals surface area contributed by atoms with Gasteiger partial charge in [0.15, 0.2) is 0 Å². The number of carbonyl (C=O) groups excluding carboxylic acids is 1. The molecule has 0 saturated heterocycles. The van der Waals surface area contributed by atoms with Crippen LogP contribution < -0.4 is 5.32 Å². The third kappa shape index (κ3) is 5.52. The average Bonchev–Trinajstić information content (AvgIpc) is 2.29. The number of hydrogen-bond donors (Lipinski definition) is 1. The summed E-state index contributed by atoms with van der Waals surface area (Å²) in [6, 6.07) is 6.89. The van der Waals surface area contributed by atoms with Crippen LogP contribution in [0.2, 0.25) is 5.02 Å². The molecule has 0 fully saturated rings. The molecule has 0 aliphatic carbocycles. The summed E-state index contributed by atoms with van der Waals surface area (Å²) in [6.07, 6.45) is 0.820. The fourth-order valence-electron chi connectivity index (χ4n) is 1.34. The van der Waals surface area contributed by atoms with E-state index in [0.717, 1.165) is 6.42 Å². The Hall–Kier alpha value is -0.580. The van der Waals surface area contributed by atoms with E-state index >= 15 is 0 Å². The Balaban J connectivity index is 2.35. The van der Waals surface area contributed by atoms with E-state index in [4.69, 9.17) is 16.3 Å². The molecule has 17 heavy (non-hydrogen) atoms. The lowest BCUT2D eigenvalue weighted by Gasteiger charge is -2.09. The van der Waals surface area contributed by atoms with Gasteiger partial charge in [0, 0.05) is 29.1 Å². The Bertz CT molecular complexity index is 373. The van der Waals surface area contributed by atoms with Crippen molar-refractivity contribution in [2.24, 2.45) is 0 Å². The van der Waals surface area contributed by atoms with Crippen molar-refractivity contribution in [2.45, 2.75) is 11.2 Å². The summed E-state index contributed by atoms with van der Waals surface area (Å²) < 4.78 is 4.98. The van der Waals surface area contributed by atoms with Crippen molar-refractivity contribution in [2.75, 3.05) is 20.3 Å². The molecule has 0 bridgehead atoms. The topological polar surface area (TPSA) is 38.3 Å². The van der Waals surface area contributed by atoms with E-state index in [-0.39, 0.29) is 10.7 Å². The maximum atomic E-state index is 11.7. The minimum absolute atomic E-state index is 0.107. The number of hydrogen-bond acceptors (Lipinski definition) is 2. The van der Waals surface area contributed by atoms with Gasteiger partial charge in [-0.3, -0.25) is 4.79 Å². The van der Waals surface area contributed by atoms with Crippen LogP contribution in [0.15, 0.2) is 24.3 Å². The lowest BCUT2D eigenvalue weighted by molar-refractivity contribution is 0.0952. The molecule has 1 unspecified atom stereocenters. The maximum absolute atomic E-state index is 11.7. The van der Waals surface area contributed by atoms with Crippen molar-refractivity contribution in [3.63, 3.8) is 0 Å². The van der Waals surface area contributed by atoms with Crippen LogP contribution in [0.1, 0.15) is 16.8 Å². The number of benzene rings is 1. The number of ether oxygens (including phenoxy) is 1. The van der Waals surface area contributed by atoms with E-state index in [1.165, 1.54) is 0 Å². The van der Waals surface area contributed by atoms with Gasteiger partial charge in [0.1, 0.15) is 0 Å². The van der Waals surface area contributed by atoms with E-state index in [9.17, 15) is 4.79 Å². The van der Waals surface area contributed by atoms with E-state index in [1.807, 2.05) is 0 Å². The van der Waals surface area contributed by atoms with Crippen LogP contribution in [0.4, 0.5) is 0 Å². The molecule has 94 valence electrons. The summed E-state index contributed by atoms with van der Waals surface area (Å²) in [5, 5.41) is 3.40. The highest BCUT2D eigenvalue weighted by molar-refractivity contribution is 9.09. The Kier molecular flexibility index (Phi) is 6.55. The summed E-state index contributed by atoms with van der Waals surface area (Å²) in [7, 11) is 1.65. The van der Waals surface area contributed by atoms with Gasteiger partial charge in [0.25, 0.3) is 5.91 Å². The zero-order chi connectivity index (χ0) is 12.7. The Morgan fingerprint density at radius 1 is 1.59 bits per heavy atom. The number of rotatable bonds is 6. The molecule has 0 aromatic heterocycles. The average molecular weight is 321 g/mol. The van der Waals surface area contributed by atoms with Crippen LogP contribution in [0.3, 0.4) is 0 Å². The standard InChI is InChI=1S/C12H15BrClNO2/c1-17-8-10(13)5-6-15-12(16)9-3-2-4-11(14)7-9/h2-4,7,10H,5-6,8H2,1H3,(H,15,16). The molecule has 1 aromatic carbocycles.